The van der Waals surface area contributed by atoms with Gasteiger partial charge in [-0.1, -0.05) is 47.5 Å². The molecule has 0 aliphatic carbocycles. The van der Waals surface area contributed by atoms with Gasteiger partial charge in [-0.15, -0.1) is 11.3 Å². The molecule has 0 aromatic carbocycles. The van der Waals surface area contributed by atoms with Crippen molar-refractivity contribution in [1.82, 2.24) is 20.1 Å². The van der Waals surface area contributed by atoms with Gasteiger partial charge in [-0.2, -0.15) is 0 Å². The number of rotatable bonds is 15. The normalized spacial score (nSPS) is 18.9. The summed E-state index contributed by atoms with van der Waals surface area (Å²) in [5.41, 5.74) is -0.159. The summed E-state index contributed by atoms with van der Waals surface area (Å²) in [6, 6.07) is -1.76. The van der Waals surface area contributed by atoms with E-state index in [1.165, 1.54) is 10.3 Å². The number of nitrogens with zero attached hydrogens (tertiary/aromatic N) is 3. The van der Waals surface area contributed by atoms with Crippen LogP contribution in [0.5, 0.6) is 0 Å². The first-order valence-corrected chi connectivity index (χ1v) is 15.1. The van der Waals surface area contributed by atoms with Crippen LogP contribution in [0.2, 0.25) is 0 Å². The van der Waals surface area contributed by atoms with Crippen molar-refractivity contribution in [2.75, 3.05) is 20.3 Å². The summed E-state index contributed by atoms with van der Waals surface area (Å²) >= 11 is 1.03. The molecular formula is C28H46N4O7S. The number of hydrogen-bond donors (Lipinski definition) is 3. The number of carboxylic acid groups (broad SMARTS) is 1. The van der Waals surface area contributed by atoms with E-state index in [2.05, 4.69) is 10.3 Å². The summed E-state index contributed by atoms with van der Waals surface area (Å²) in [5, 5.41) is 24.8. The van der Waals surface area contributed by atoms with Gasteiger partial charge in [0, 0.05) is 24.3 Å². The van der Waals surface area contributed by atoms with E-state index in [4.69, 9.17) is 4.74 Å². The van der Waals surface area contributed by atoms with Gasteiger partial charge in [-0.25, -0.2) is 9.78 Å². The van der Waals surface area contributed by atoms with Gasteiger partial charge in [0.15, 0.2) is 12.4 Å². The van der Waals surface area contributed by atoms with E-state index in [9.17, 15) is 29.4 Å². The van der Waals surface area contributed by atoms with E-state index in [0.29, 0.717) is 12.8 Å². The van der Waals surface area contributed by atoms with Crippen molar-refractivity contribution in [2.45, 2.75) is 104 Å². The number of hydrogen-bond acceptors (Lipinski definition) is 9. The number of carbonyl (C=O) groups is 4. The zero-order valence-corrected chi connectivity index (χ0v) is 25.4. The van der Waals surface area contributed by atoms with Gasteiger partial charge in [-0.3, -0.25) is 19.3 Å². The van der Waals surface area contributed by atoms with Crippen LogP contribution >= 0.6 is 11.3 Å². The number of piperidine rings is 1. The van der Waals surface area contributed by atoms with Crippen molar-refractivity contribution in [2.24, 2.45) is 11.8 Å². The average molecular weight is 583 g/mol. The topological polar surface area (TPSA) is 149 Å². The Morgan fingerprint density at radius 1 is 1.23 bits per heavy atom. The highest BCUT2D eigenvalue weighted by Crippen LogP contribution is 2.29. The maximum Gasteiger partial charge on any atom is 0.355 e. The monoisotopic (exact) mass is 582 g/mol. The number of likely N-dealkylation sites (N-methyl/N-ethyl adjacent to an activating group) is 1. The zero-order chi connectivity index (χ0) is 30.0. The summed E-state index contributed by atoms with van der Waals surface area (Å²) in [6.07, 6.45) is 3.02. The third kappa shape index (κ3) is 9.24. The van der Waals surface area contributed by atoms with Crippen molar-refractivity contribution in [3.05, 3.63) is 16.1 Å². The highest BCUT2D eigenvalue weighted by Gasteiger charge is 2.38. The molecule has 5 atom stereocenters. The minimum Gasteiger partial charge on any atom is -0.476 e. The number of aliphatic hydroxyl groups excluding tert-OH is 1. The Morgan fingerprint density at radius 2 is 1.93 bits per heavy atom. The molecule has 1 saturated heterocycles. The molecule has 0 unspecified atom stereocenters. The van der Waals surface area contributed by atoms with Gasteiger partial charge in [0.25, 0.3) is 0 Å². The molecule has 0 spiro atoms. The number of amides is 2. The lowest BCUT2D eigenvalue weighted by Gasteiger charge is -2.39. The molecule has 1 fully saturated rings. The molecule has 0 saturated carbocycles. The first kappa shape index (κ1) is 33.6. The number of likely N-dealkylation sites (tertiary alicyclic amines) is 1. The molecule has 1 aliphatic heterocycles. The van der Waals surface area contributed by atoms with Gasteiger partial charge >= 0.3 is 11.9 Å². The number of nitrogens with one attached hydrogen (secondary N) is 1. The second-order valence-electron chi connectivity index (χ2n) is 11.0. The number of aliphatic hydroxyl groups is 1. The standard InChI is InChI=1S/C28H46N4O7S/c1-7-11-23(34)39-16-32(21(17(3)4)14-22(33)26-29-19(15-40-26)28(37)38)27(36)24(18(5)8-2)30-25(35)20-12-9-10-13-31(20)6/h15,17-18,20-22,24,33H,7-14,16H2,1-6H3,(H,30,35)(H,37,38)/t18-,20+,21+,22+,24-/m0/s1. The van der Waals surface area contributed by atoms with E-state index < -0.39 is 30.1 Å². The van der Waals surface area contributed by atoms with E-state index >= 15 is 0 Å². The van der Waals surface area contributed by atoms with Crippen LogP contribution in [0.4, 0.5) is 0 Å². The molecule has 40 heavy (non-hydrogen) atoms. The first-order valence-electron chi connectivity index (χ1n) is 14.2. The Kier molecular flexibility index (Phi) is 13.5. The molecule has 2 heterocycles. The number of aromatic nitrogens is 1. The molecule has 1 aliphatic rings. The lowest BCUT2D eigenvalue weighted by Crippen LogP contribution is -2.59. The third-order valence-electron chi connectivity index (χ3n) is 7.61. The molecule has 0 bridgehead atoms. The highest BCUT2D eigenvalue weighted by molar-refractivity contribution is 7.09. The summed E-state index contributed by atoms with van der Waals surface area (Å²) in [6.45, 7) is 9.98. The smallest absolute Gasteiger partial charge is 0.355 e. The lowest BCUT2D eigenvalue weighted by atomic mass is 9.92. The molecule has 1 aromatic heterocycles. The predicted octanol–water partition coefficient (Wildman–Crippen LogP) is 3.43. The SMILES string of the molecule is CCCC(=O)OCN(C(=O)[C@@H](NC(=O)[C@H]1CCCCN1C)[C@@H](C)CC)[C@H](C[C@@H](O)c1nc(C(=O)O)cs1)C(C)C. The number of thiazole rings is 1. The van der Waals surface area contributed by atoms with Crippen molar-refractivity contribution in [3.63, 3.8) is 0 Å². The Balaban J connectivity index is 2.37. The summed E-state index contributed by atoms with van der Waals surface area (Å²) in [4.78, 5) is 58.6. The van der Waals surface area contributed by atoms with Crippen LogP contribution in [0, 0.1) is 11.8 Å². The maximum atomic E-state index is 14.2. The largest absolute Gasteiger partial charge is 0.476 e. The number of carbonyl (C=O) groups excluding carboxylic acids is 3. The van der Waals surface area contributed by atoms with Crippen molar-refractivity contribution < 1.29 is 34.1 Å². The lowest BCUT2D eigenvalue weighted by molar-refractivity contribution is -0.159. The minimum absolute atomic E-state index is 0.0494. The molecule has 2 amide bonds. The fourth-order valence-corrected chi connectivity index (χ4v) is 5.68. The van der Waals surface area contributed by atoms with Crippen LogP contribution in [-0.4, -0.2) is 87.2 Å². The number of esters is 1. The molecule has 226 valence electrons. The number of ether oxygens (including phenoxy) is 1. The molecular weight excluding hydrogens is 536 g/mol. The number of carboxylic acids is 1. The van der Waals surface area contributed by atoms with Gasteiger partial charge in [0.2, 0.25) is 11.8 Å². The van der Waals surface area contributed by atoms with Crippen molar-refractivity contribution >= 4 is 35.1 Å². The van der Waals surface area contributed by atoms with Gasteiger partial charge in [0.05, 0.1) is 6.04 Å². The third-order valence-corrected chi connectivity index (χ3v) is 8.56. The number of aromatic carboxylic acids is 1. The fourth-order valence-electron chi connectivity index (χ4n) is 4.89. The zero-order valence-electron chi connectivity index (χ0n) is 24.6. The molecule has 1 aromatic rings. The molecule has 12 heteroatoms. The summed E-state index contributed by atoms with van der Waals surface area (Å²) in [5.74, 6) is -2.59. The maximum absolute atomic E-state index is 14.2. The van der Waals surface area contributed by atoms with E-state index in [1.807, 2.05) is 46.6 Å². The van der Waals surface area contributed by atoms with Crippen LogP contribution in [0.1, 0.15) is 101 Å². The van der Waals surface area contributed by atoms with Crippen LogP contribution in [0.3, 0.4) is 0 Å². The van der Waals surface area contributed by atoms with Crippen molar-refractivity contribution in [3.8, 4) is 0 Å². The quantitative estimate of drug-likeness (QED) is 0.209. The van der Waals surface area contributed by atoms with E-state index in [-0.39, 0.29) is 60.0 Å². The highest BCUT2D eigenvalue weighted by atomic mass is 32.1. The second-order valence-corrected chi connectivity index (χ2v) is 11.9. The molecule has 2 rings (SSSR count). The van der Waals surface area contributed by atoms with E-state index in [0.717, 1.165) is 37.1 Å². The van der Waals surface area contributed by atoms with E-state index in [1.54, 1.807) is 0 Å². The Hall–Kier alpha value is -2.57. The first-order chi connectivity index (χ1) is 18.9. The van der Waals surface area contributed by atoms with Crippen LogP contribution in [0.25, 0.3) is 0 Å². The molecule has 0 radical (unpaired) electrons. The summed E-state index contributed by atoms with van der Waals surface area (Å²) in [7, 11) is 1.91. The van der Waals surface area contributed by atoms with Crippen molar-refractivity contribution in [1.29, 1.82) is 0 Å². The Labute approximate surface area is 241 Å². The predicted molar refractivity (Wildman–Crippen MR) is 152 cm³/mol. The Morgan fingerprint density at radius 3 is 2.48 bits per heavy atom. The average Bonchev–Trinajstić information content (AvgIpc) is 3.41. The van der Waals surface area contributed by atoms with Crippen LogP contribution in [0.15, 0.2) is 5.38 Å². The van der Waals surface area contributed by atoms with Crippen LogP contribution in [-0.2, 0) is 19.1 Å². The van der Waals surface area contributed by atoms with Gasteiger partial charge < -0.3 is 25.2 Å². The molecule has 3 N–H and O–H groups in total. The molecule has 11 nitrogen and oxygen atoms in total. The van der Waals surface area contributed by atoms with Gasteiger partial charge in [0.1, 0.15) is 17.2 Å². The summed E-state index contributed by atoms with van der Waals surface area (Å²) < 4.78 is 5.49. The van der Waals surface area contributed by atoms with Gasteiger partial charge in [-0.05, 0) is 44.7 Å². The minimum atomic E-state index is -1.19. The second kappa shape index (κ2) is 16.0. The fraction of sp³-hybridized carbons (Fsp3) is 0.750. The Bertz CT molecular complexity index is 1000. The van der Waals surface area contributed by atoms with Crippen LogP contribution < -0.4 is 5.32 Å².